The van der Waals surface area contributed by atoms with Crippen molar-refractivity contribution in [3.8, 4) is 0 Å². The molecular formula is C17H25N4O3S2+. The Morgan fingerprint density at radius 1 is 1.38 bits per heavy atom. The number of carbonyl (C=O) groups is 1. The monoisotopic (exact) mass is 397 g/mol. The molecule has 1 amide bonds. The Labute approximate surface area is 160 Å². The number of carbonyl (C=O) groups excluding carboxylic acids is 1. The van der Waals surface area contributed by atoms with Crippen molar-refractivity contribution < 1.29 is 14.4 Å². The molecule has 2 aromatic rings. The molecule has 0 saturated carbocycles. The zero-order valence-electron chi connectivity index (χ0n) is 15.1. The first-order valence-electron chi connectivity index (χ1n) is 8.85. The molecule has 0 atom stereocenters. The van der Waals surface area contributed by atoms with E-state index in [1.54, 1.807) is 0 Å². The lowest BCUT2D eigenvalue weighted by Gasteiger charge is -2.23. The van der Waals surface area contributed by atoms with Crippen LogP contribution in [0, 0.1) is 13.8 Å². The molecule has 7 nitrogen and oxygen atoms in total. The smallest absolute Gasteiger partial charge is 0.260 e. The Balaban J connectivity index is 1.44. The van der Waals surface area contributed by atoms with Gasteiger partial charge in [0.15, 0.2) is 5.16 Å². The number of rotatable bonds is 7. The van der Waals surface area contributed by atoms with Crippen molar-refractivity contribution in [1.29, 1.82) is 0 Å². The fourth-order valence-electron chi connectivity index (χ4n) is 2.96. The molecule has 0 aromatic carbocycles. The quantitative estimate of drug-likeness (QED) is 0.351. The molecule has 1 aliphatic rings. The van der Waals surface area contributed by atoms with Gasteiger partial charge in [-0.15, -0.1) is 11.3 Å². The third-order valence-electron chi connectivity index (χ3n) is 4.59. The molecule has 0 bridgehead atoms. The lowest BCUT2D eigenvalue weighted by Crippen LogP contribution is -3.14. The number of morpholine rings is 1. The molecule has 3 N–H and O–H groups in total. The van der Waals surface area contributed by atoms with Crippen LogP contribution in [0.25, 0.3) is 10.2 Å². The molecule has 3 heterocycles. The molecular weight excluding hydrogens is 372 g/mol. The maximum absolute atomic E-state index is 12.2. The van der Waals surface area contributed by atoms with Crippen molar-refractivity contribution in [3.63, 3.8) is 0 Å². The summed E-state index contributed by atoms with van der Waals surface area (Å²) in [5.74, 6) is 0.218. The first-order valence-corrected chi connectivity index (χ1v) is 10.7. The number of thiophene rings is 1. The van der Waals surface area contributed by atoms with Crippen molar-refractivity contribution >= 4 is 39.2 Å². The number of aryl methyl sites for hydroxylation is 2. The van der Waals surface area contributed by atoms with E-state index in [2.05, 4.69) is 15.3 Å². The predicted molar refractivity (Wildman–Crippen MR) is 104 cm³/mol. The Morgan fingerprint density at radius 3 is 2.92 bits per heavy atom. The number of hydrogen-bond acceptors (Lipinski definition) is 6. The van der Waals surface area contributed by atoms with Gasteiger partial charge in [0.1, 0.15) is 17.9 Å². The van der Waals surface area contributed by atoms with E-state index >= 15 is 0 Å². The summed E-state index contributed by atoms with van der Waals surface area (Å²) < 4.78 is 5.34. The molecule has 9 heteroatoms. The van der Waals surface area contributed by atoms with E-state index in [4.69, 9.17) is 4.74 Å². The fourth-order valence-corrected chi connectivity index (χ4v) is 4.74. The van der Waals surface area contributed by atoms with E-state index in [0.717, 1.165) is 54.5 Å². The van der Waals surface area contributed by atoms with Gasteiger partial charge in [-0.05, 0) is 19.4 Å². The summed E-state index contributed by atoms with van der Waals surface area (Å²) in [6.07, 6.45) is 0.959. The van der Waals surface area contributed by atoms with Crippen LogP contribution in [0.3, 0.4) is 0 Å². The highest BCUT2D eigenvalue weighted by molar-refractivity contribution is 7.99. The number of amides is 1. The number of ether oxygens (including phenoxy) is 1. The van der Waals surface area contributed by atoms with E-state index in [9.17, 15) is 9.59 Å². The Bertz CT molecular complexity index is 827. The zero-order chi connectivity index (χ0) is 18.5. The molecule has 0 radical (unpaired) electrons. The Morgan fingerprint density at radius 2 is 2.15 bits per heavy atom. The summed E-state index contributed by atoms with van der Waals surface area (Å²) in [7, 11) is 0. The predicted octanol–water partition coefficient (Wildman–Crippen LogP) is 0.115. The number of quaternary nitrogens is 1. The number of hydrogen-bond donors (Lipinski definition) is 3. The zero-order valence-corrected chi connectivity index (χ0v) is 16.8. The number of aromatic amines is 1. The normalized spacial score (nSPS) is 15.5. The molecule has 0 spiro atoms. The molecule has 1 saturated heterocycles. The van der Waals surface area contributed by atoms with Gasteiger partial charge in [-0.1, -0.05) is 11.8 Å². The Hall–Kier alpha value is -1.42. The van der Waals surface area contributed by atoms with Gasteiger partial charge in [-0.2, -0.15) is 0 Å². The van der Waals surface area contributed by atoms with Gasteiger partial charge in [0.25, 0.3) is 5.56 Å². The second-order valence-electron chi connectivity index (χ2n) is 6.44. The number of nitrogens with one attached hydrogen (secondary N) is 3. The van der Waals surface area contributed by atoms with E-state index < -0.39 is 0 Å². The van der Waals surface area contributed by atoms with Gasteiger partial charge in [0.2, 0.25) is 5.91 Å². The summed E-state index contributed by atoms with van der Waals surface area (Å²) in [5, 5.41) is 4.09. The van der Waals surface area contributed by atoms with Gasteiger partial charge >= 0.3 is 0 Å². The van der Waals surface area contributed by atoms with Crippen LogP contribution in [0.15, 0.2) is 9.95 Å². The van der Waals surface area contributed by atoms with Crippen LogP contribution in [0.2, 0.25) is 0 Å². The first-order chi connectivity index (χ1) is 12.5. The van der Waals surface area contributed by atoms with Crippen LogP contribution < -0.4 is 15.8 Å². The van der Waals surface area contributed by atoms with Crippen molar-refractivity contribution in [2.24, 2.45) is 0 Å². The van der Waals surface area contributed by atoms with E-state index in [1.807, 2.05) is 13.8 Å². The summed E-state index contributed by atoms with van der Waals surface area (Å²) in [4.78, 5) is 34.9. The minimum absolute atomic E-state index is 0.0340. The number of nitrogens with zero attached hydrogens (tertiary/aromatic N) is 1. The SMILES string of the molecule is Cc1sc2nc(SCC(=O)NCCC[NH+]3CCOCC3)[nH]c(=O)c2c1C. The lowest BCUT2D eigenvalue weighted by atomic mass is 10.2. The van der Waals surface area contributed by atoms with Gasteiger partial charge in [-0.25, -0.2) is 4.98 Å². The van der Waals surface area contributed by atoms with Crippen LogP contribution in [-0.4, -0.2) is 61.0 Å². The summed E-state index contributed by atoms with van der Waals surface area (Å²) in [6.45, 7) is 9.41. The third kappa shape index (κ3) is 4.85. The molecule has 142 valence electrons. The van der Waals surface area contributed by atoms with Gasteiger partial charge in [0.05, 0.1) is 30.9 Å². The van der Waals surface area contributed by atoms with E-state index in [-0.39, 0.29) is 17.2 Å². The summed E-state index contributed by atoms with van der Waals surface area (Å²) in [6, 6.07) is 0. The fraction of sp³-hybridized carbons (Fsp3) is 0.588. The minimum Gasteiger partial charge on any atom is -0.370 e. The van der Waals surface area contributed by atoms with E-state index in [1.165, 1.54) is 28.0 Å². The summed E-state index contributed by atoms with van der Waals surface area (Å²) in [5.41, 5.74) is 0.851. The molecule has 1 fully saturated rings. The number of thioether (sulfide) groups is 1. The van der Waals surface area contributed by atoms with E-state index in [0.29, 0.717) is 17.1 Å². The van der Waals surface area contributed by atoms with Crippen molar-refractivity contribution in [1.82, 2.24) is 15.3 Å². The molecule has 0 unspecified atom stereocenters. The van der Waals surface area contributed by atoms with Gasteiger partial charge in [0, 0.05) is 17.8 Å². The lowest BCUT2D eigenvalue weighted by molar-refractivity contribution is -0.908. The highest BCUT2D eigenvalue weighted by atomic mass is 32.2. The van der Waals surface area contributed by atoms with Crippen molar-refractivity contribution in [2.75, 3.05) is 45.1 Å². The molecule has 1 aliphatic heterocycles. The number of aromatic nitrogens is 2. The maximum atomic E-state index is 12.2. The van der Waals surface area contributed by atoms with Crippen LogP contribution in [0.4, 0.5) is 0 Å². The van der Waals surface area contributed by atoms with Gasteiger partial charge < -0.3 is 19.9 Å². The average Bonchev–Trinajstić information content (AvgIpc) is 2.92. The first kappa shape index (κ1) is 19.3. The van der Waals surface area contributed by atoms with Crippen molar-refractivity contribution in [3.05, 3.63) is 20.8 Å². The highest BCUT2D eigenvalue weighted by Gasteiger charge is 2.14. The second kappa shape index (κ2) is 8.98. The topological polar surface area (TPSA) is 88.5 Å². The molecule has 2 aromatic heterocycles. The largest absolute Gasteiger partial charge is 0.370 e. The summed E-state index contributed by atoms with van der Waals surface area (Å²) >= 11 is 2.78. The van der Waals surface area contributed by atoms with Gasteiger partial charge in [-0.3, -0.25) is 9.59 Å². The van der Waals surface area contributed by atoms with Crippen LogP contribution in [0.1, 0.15) is 16.9 Å². The van der Waals surface area contributed by atoms with Crippen LogP contribution >= 0.6 is 23.1 Å². The highest BCUT2D eigenvalue weighted by Crippen LogP contribution is 2.27. The van der Waals surface area contributed by atoms with Crippen LogP contribution in [0.5, 0.6) is 0 Å². The van der Waals surface area contributed by atoms with Crippen molar-refractivity contribution in [2.45, 2.75) is 25.4 Å². The average molecular weight is 398 g/mol. The standard InChI is InChI=1S/C17H24N4O3S2/c1-11-12(2)26-16-14(11)15(23)19-17(20-16)25-10-13(22)18-4-3-5-21-6-8-24-9-7-21/h3-10H2,1-2H3,(H,18,22)(H,19,20,23)/p+1. The molecule has 26 heavy (non-hydrogen) atoms. The maximum Gasteiger partial charge on any atom is 0.260 e. The second-order valence-corrected chi connectivity index (χ2v) is 8.61. The minimum atomic E-state index is -0.131. The molecule has 0 aliphatic carbocycles. The number of fused-ring (bicyclic) bond motifs is 1. The Kier molecular flexibility index (Phi) is 6.68. The van der Waals surface area contributed by atoms with Crippen LogP contribution in [-0.2, 0) is 9.53 Å². The third-order valence-corrected chi connectivity index (χ3v) is 6.56. The number of H-pyrrole nitrogens is 1. The molecule has 3 rings (SSSR count).